The fourth-order valence-electron chi connectivity index (χ4n) is 3.87. The summed E-state index contributed by atoms with van der Waals surface area (Å²) in [5, 5.41) is 6.95. The van der Waals surface area contributed by atoms with E-state index in [1.54, 1.807) is 0 Å². The van der Waals surface area contributed by atoms with Gasteiger partial charge in [0, 0.05) is 31.9 Å². The van der Waals surface area contributed by atoms with Gasteiger partial charge in [-0.1, -0.05) is 12.1 Å². The number of anilines is 2. The summed E-state index contributed by atoms with van der Waals surface area (Å²) in [6.07, 6.45) is 1.10. The Bertz CT molecular complexity index is 925. The lowest BCUT2D eigenvalue weighted by molar-refractivity contribution is 0.0378. The minimum Gasteiger partial charge on any atom is -0.381 e. The summed E-state index contributed by atoms with van der Waals surface area (Å²) in [4.78, 5) is 10.5. The van der Waals surface area contributed by atoms with Crippen LogP contribution in [0.1, 0.15) is 23.1 Å². The Morgan fingerprint density at radius 3 is 2.62 bits per heavy atom. The van der Waals surface area contributed by atoms with E-state index in [-0.39, 0.29) is 0 Å². The Labute approximate surface area is 172 Å². The van der Waals surface area contributed by atoms with Gasteiger partial charge in [0.25, 0.3) is 0 Å². The standard InChI is InChI=1S/C23H31N5O/c1-17-12-18(2)14-20(13-17)25-16-19-4-5-21-22(15-19)27-23(26-21)24-6-3-7-28-8-10-29-11-9-28/h4-5,12-15,25H,3,6-11,16H2,1-2H3,(H2,24,26,27). The molecule has 0 bridgehead atoms. The number of H-pyrrole nitrogens is 1. The largest absolute Gasteiger partial charge is 0.381 e. The average molecular weight is 394 g/mol. The molecule has 0 aliphatic carbocycles. The van der Waals surface area contributed by atoms with E-state index in [0.29, 0.717) is 0 Å². The fourth-order valence-corrected chi connectivity index (χ4v) is 3.87. The van der Waals surface area contributed by atoms with Crippen molar-refractivity contribution in [2.45, 2.75) is 26.8 Å². The van der Waals surface area contributed by atoms with Crippen LogP contribution in [0.3, 0.4) is 0 Å². The maximum absolute atomic E-state index is 5.39. The van der Waals surface area contributed by atoms with E-state index < -0.39 is 0 Å². The molecule has 1 aliphatic heterocycles. The Kier molecular flexibility index (Phi) is 6.32. The molecule has 154 valence electrons. The van der Waals surface area contributed by atoms with Crippen LogP contribution in [0, 0.1) is 13.8 Å². The number of hydrogen-bond donors (Lipinski definition) is 3. The van der Waals surface area contributed by atoms with Crippen LogP contribution in [-0.2, 0) is 11.3 Å². The Hall–Kier alpha value is -2.57. The highest BCUT2D eigenvalue weighted by molar-refractivity contribution is 5.78. The average Bonchev–Trinajstić information content (AvgIpc) is 3.12. The van der Waals surface area contributed by atoms with Gasteiger partial charge in [0.1, 0.15) is 0 Å². The minimum absolute atomic E-state index is 0.792. The van der Waals surface area contributed by atoms with Crippen molar-refractivity contribution in [2.24, 2.45) is 0 Å². The molecule has 1 saturated heterocycles. The second-order valence-corrected chi connectivity index (χ2v) is 7.90. The number of rotatable bonds is 8. The Morgan fingerprint density at radius 2 is 1.83 bits per heavy atom. The summed E-state index contributed by atoms with van der Waals surface area (Å²) in [5.74, 6) is 0.849. The summed E-state index contributed by atoms with van der Waals surface area (Å²) in [6.45, 7) is 10.9. The third-order valence-electron chi connectivity index (χ3n) is 5.31. The lowest BCUT2D eigenvalue weighted by atomic mass is 10.1. The molecule has 3 aromatic rings. The minimum atomic E-state index is 0.792. The Balaban J connectivity index is 1.30. The van der Waals surface area contributed by atoms with Gasteiger partial charge in [-0.15, -0.1) is 0 Å². The quantitative estimate of drug-likeness (QED) is 0.506. The molecular weight excluding hydrogens is 362 g/mol. The van der Waals surface area contributed by atoms with Gasteiger partial charge in [-0.05, 0) is 67.8 Å². The third kappa shape index (κ3) is 5.49. The molecule has 4 rings (SSSR count). The highest BCUT2D eigenvalue weighted by atomic mass is 16.5. The zero-order chi connectivity index (χ0) is 20.1. The van der Waals surface area contributed by atoms with Gasteiger partial charge in [0.05, 0.1) is 24.2 Å². The van der Waals surface area contributed by atoms with Crippen molar-refractivity contribution >= 4 is 22.7 Å². The number of benzene rings is 2. The number of aromatic amines is 1. The molecule has 29 heavy (non-hydrogen) atoms. The maximum atomic E-state index is 5.39. The van der Waals surface area contributed by atoms with Gasteiger partial charge in [-0.2, -0.15) is 0 Å². The number of nitrogens with zero attached hydrogens (tertiary/aromatic N) is 2. The molecule has 0 unspecified atom stereocenters. The molecule has 1 aromatic heterocycles. The molecule has 6 nitrogen and oxygen atoms in total. The molecule has 2 aromatic carbocycles. The van der Waals surface area contributed by atoms with Gasteiger partial charge in [-0.3, -0.25) is 4.90 Å². The van der Waals surface area contributed by atoms with E-state index in [1.165, 1.54) is 16.7 Å². The highest BCUT2D eigenvalue weighted by Gasteiger charge is 2.09. The van der Waals surface area contributed by atoms with Gasteiger partial charge >= 0.3 is 0 Å². The zero-order valence-corrected chi connectivity index (χ0v) is 17.4. The van der Waals surface area contributed by atoms with Crippen molar-refractivity contribution in [1.82, 2.24) is 14.9 Å². The number of ether oxygens (including phenoxy) is 1. The number of imidazole rings is 1. The molecule has 3 N–H and O–H groups in total. The van der Waals surface area contributed by atoms with Crippen LogP contribution >= 0.6 is 0 Å². The second kappa shape index (κ2) is 9.29. The van der Waals surface area contributed by atoms with E-state index in [9.17, 15) is 0 Å². The Morgan fingerprint density at radius 1 is 1.03 bits per heavy atom. The SMILES string of the molecule is Cc1cc(C)cc(NCc2ccc3nc(NCCCN4CCOCC4)[nH]c3c2)c1. The first-order chi connectivity index (χ1) is 14.2. The summed E-state index contributed by atoms with van der Waals surface area (Å²) in [5.41, 5.74) is 7.02. The summed E-state index contributed by atoms with van der Waals surface area (Å²) in [7, 11) is 0. The van der Waals surface area contributed by atoms with Crippen molar-refractivity contribution in [2.75, 3.05) is 50.0 Å². The number of aryl methyl sites for hydroxylation is 2. The van der Waals surface area contributed by atoms with Gasteiger partial charge in [-0.25, -0.2) is 4.98 Å². The number of morpholine rings is 1. The predicted molar refractivity (Wildman–Crippen MR) is 120 cm³/mol. The lowest BCUT2D eigenvalue weighted by Crippen LogP contribution is -2.37. The van der Waals surface area contributed by atoms with Crippen LogP contribution < -0.4 is 10.6 Å². The molecular formula is C23H31N5O. The number of fused-ring (bicyclic) bond motifs is 1. The van der Waals surface area contributed by atoms with Crippen molar-refractivity contribution < 1.29 is 4.74 Å². The normalized spacial score (nSPS) is 15.0. The lowest BCUT2D eigenvalue weighted by Gasteiger charge is -2.26. The monoisotopic (exact) mass is 393 g/mol. The van der Waals surface area contributed by atoms with Gasteiger partial charge in [0.15, 0.2) is 0 Å². The van der Waals surface area contributed by atoms with Crippen LogP contribution in [-0.4, -0.2) is 54.3 Å². The first-order valence-electron chi connectivity index (χ1n) is 10.5. The molecule has 2 heterocycles. The summed E-state index contributed by atoms with van der Waals surface area (Å²) < 4.78 is 5.39. The molecule has 0 saturated carbocycles. The van der Waals surface area contributed by atoms with Crippen molar-refractivity contribution in [1.29, 1.82) is 0 Å². The zero-order valence-electron chi connectivity index (χ0n) is 17.4. The van der Waals surface area contributed by atoms with Crippen molar-refractivity contribution in [3.8, 4) is 0 Å². The predicted octanol–water partition coefficient (Wildman–Crippen LogP) is 3.93. The topological polar surface area (TPSA) is 65.2 Å². The molecule has 0 amide bonds. The number of nitrogens with one attached hydrogen (secondary N) is 3. The van der Waals surface area contributed by atoms with Gasteiger partial charge in [0.2, 0.25) is 5.95 Å². The molecule has 6 heteroatoms. The molecule has 1 fully saturated rings. The van der Waals surface area contributed by atoms with Gasteiger partial charge < -0.3 is 20.4 Å². The number of aromatic nitrogens is 2. The fraction of sp³-hybridized carbons (Fsp3) is 0.435. The molecule has 0 atom stereocenters. The van der Waals surface area contributed by atoms with Crippen molar-refractivity contribution in [3.05, 3.63) is 53.1 Å². The third-order valence-corrected chi connectivity index (χ3v) is 5.31. The summed E-state index contributed by atoms with van der Waals surface area (Å²) in [6, 6.07) is 13.0. The van der Waals surface area contributed by atoms with E-state index in [2.05, 4.69) is 75.7 Å². The van der Waals surface area contributed by atoms with E-state index in [4.69, 9.17) is 4.74 Å². The highest BCUT2D eigenvalue weighted by Crippen LogP contribution is 2.19. The molecule has 1 aliphatic rings. The second-order valence-electron chi connectivity index (χ2n) is 7.90. The summed E-state index contributed by atoms with van der Waals surface area (Å²) >= 11 is 0. The molecule has 0 spiro atoms. The maximum Gasteiger partial charge on any atom is 0.201 e. The number of hydrogen-bond acceptors (Lipinski definition) is 5. The smallest absolute Gasteiger partial charge is 0.201 e. The first kappa shape index (κ1) is 19.7. The first-order valence-corrected chi connectivity index (χ1v) is 10.5. The molecule has 0 radical (unpaired) electrons. The van der Waals surface area contributed by atoms with Crippen LogP contribution in [0.25, 0.3) is 11.0 Å². The van der Waals surface area contributed by atoms with Crippen LogP contribution in [0.4, 0.5) is 11.6 Å². The van der Waals surface area contributed by atoms with E-state index >= 15 is 0 Å². The van der Waals surface area contributed by atoms with E-state index in [0.717, 1.165) is 75.0 Å². The van der Waals surface area contributed by atoms with E-state index in [1.807, 2.05) is 0 Å². The van der Waals surface area contributed by atoms with Crippen LogP contribution in [0.5, 0.6) is 0 Å². The van der Waals surface area contributed by atoms with Crippen LogP contribution in [0.2, 0.25) is 0 Å². The van der Waals surface area contributed by atoms with Crippen molar-refractivity contribution in [3.63, 3.8) is 0 Å². The van der Waals surface area contributed by atoms with Crippen LogP contribution in [0.15, 0.2) is 36.4 Å².